The van der Waals surface area contributed by atoms with E-state index in [1.54, 1.807) is 0 Å². The van der Waals surface area contributed by atoms with Crippen molar-refractivity contribution in [1.29, 1.82) is 0 Å². The summed E-state index contributed by atoms with van der Waals surface area (Å²) in [5, 5.41) is 0. The van der Waals surface area contributed by atoms with Crippen molar-refractivity contribution >= 4 is 0 Å². The zero-order valence-electron chi connectivity index (χ0n) is 13.9. The lowest BCUT2D eigenvalue weighted by Crippen LogP contribution is -2.15. The number of rotatable bonds is 7. The van der Waals surface area contributed by atoms with Crippen LogP contribution in [0.5, 0.6) is 5.75 Å². The summed E-state index contributed by atoms with van der Waals surface area (Å²) in [4.78, 5) is 0. The van der Waals surface area contributed by atoms with Crippen LogP contribution in [0.1, 0.15) is 48.8 Å². The molecule has 2 rings (SSSR count). The van der Waals surface area contributed by atoms with E-state index in [4.69, 9.17) is 10.5 Å². The van der Waals surface area contributed by atoms with Crippen molar-refractivity contribution in [1.82, 2.24) is 0 Å². The van der Waals surface area contributed by atoms with Crippen LogP contribution in [0, 0.1) is 6.92 Å². The van der Waals surface area contributed by atoms with Gasteiger partial charge in [-0.3, -0.25) is 0 Å². The molecule has 2 aromatic carbocycles. The maximum atomic E-state index is 5.92. The van der Waals surface area contributed by atoms with E-state index in [1.165, 1.54) is 16.7 Å². The minimum absolute atomic E-state index is 0.357. The van der Waals surface area contributed by atoms with Crippen LogP contribution >= 0.6 is 0 Å². The fourth-order valence-corrected chi connectivity index (χ4v) is 2.53. The summed E-state index contributed by atoms with van der Waals surface area (Å²) in [6.45, 7) is 7.84. The zero-order valence-corrected chi connectivity index (χ0v) is 13.9. The van der Waals surface area contributed by atoms with Gasteiger partial charge in [-0.25, -0.2) is 0 Å². The van der Waals surface area contributed by atoms with Crippen molar-refractivity contribution in [2.24, 2.45) is 5.73 Å². The van der Waals surface area contributed by atoms with Gasteiger partial charge in [0.25, 0.3) is 0 Å². The number of aryl methyl sites for hydroxylation is 1. The van der Waals surface area contributed by atoms with Crippen molar-refractivity contribution in [3.63, 3.8) is 0 Å². The second-order valence-electron chi connectivity index (χ2n) is 6.20. The SMILES string of the molecule is Cc1ccc(C(CN)CCOc2ccc(C(C)C)cc2)cc1. The molecule has 0 amide bonds. The monoisotopic (exact) mass is 297 g/mol. The van der Waals surface area contributed by atoms with Crippen molar-refractivity contribution in [3.8, 4) is 5.75 Å². The number of hydrogen-bond donors (Lipinski definition) is 1. The molecule has 0 aromatic heterocycles. The molecule has 2 N–H and O–H groups in total. The van der Waals surface area contributed by atoms with Gasteiger partial charge in [-0.1, -0.05) is 55.8 Å². The first-order valence-corrected chi connectivity index (χ1v) is 8.09. The summed E-state index contributed by atoms with van der Waals surface area (Å²) in [5.41, 5.74) is 9.84. The summed E-state index contributed by atoms with van der Waals surface area (Å²) >= 11 is 0. The molecule has 0 aliphatic heterocycles. The average molecular weight is 297 g/mol. The Labute approximate surface area is 134 Å². The van der Waals surface area contributed by atoms with Crippen LogP contribution in [0.15, 0.2) is 48.5 Å². The Hall–Kier alpha value is -1.80. The highest BCUT2D eigenvalue weighted by atomic mass is 16.5. The molecule has 0 bridgehead atoms. The second kappa shape index (κ2) is 8.00. The van der Waals surface area contributed by atoms with E-state index in [0.717, 1.165) is 12.2 Å². The molecule has 0 spiro atoms. The number of hydrogen-bond acceptors (Lipinski definition) is 2. The molecule has 0 saturated heterocycles. The molecule has 0 fully saturated rings. The van der Waals surface area contributed by atoms with Gasteiger partial charge < -0.3 is 10.5 Å². The van der Waals surface area contributed by atoms with E-state index in [1.807, 2.05) is 0 Å². The maximum Gasteiger partial charge on any atom is 0.119 e. The smallest absolute Gasteiger partial charge is 0.119 e. The third-order valence-electron chi connectivity index (χ3n) is 4.12. The van der Waals surface area contributed by atoms with Crippen LogP contribution in [-0.4, -0.2) is 13.2 Å². The number of nitrogens with two attached hydrogens (primary N) is 1. The van der Waals surface area contributed by atoms with E-state index in [0.29, 0.717) is 25.0 Å². The predicted octanol–water partition coefficient (Wildman–Crippen LogP) is 4.63. The Morgan fingerprint density at radius 3 is 2.05 bits per heavy atom. The van der Waals surface area contributed by atoms with Gasteiger partial charge in [0.05, 0.1) is 6.61 Å². The normalized spacial score (nSPS) is 12.4. The molecule has 22 heavy (non-hydrogen) atoms. The Bertz CT molecular complexity index is 557. The first kappa shape index (κ1) is 16.6. The van der Waals surface area contributed by atoms with E-state index in [2.05, 4.69) is 69.3 Å². The third-order valence-corrected chi connectivity index (χ3v) is 4.12. The molecule has 1 unspecified atom stereocenters. The van der Waals surface area contributed by atoms with Crippen LogP contribution in [0.3, 0.4) is 0 Å². The molecule has 0 aliphatic rings. The van der Waals surface area contributed by atoms with Gasteiger partial charge in [0.1, 0.15) is 5.75 Å². The topological polar surface area (TPSA) is 35.2 Å². The van der Waals surface area contributed by atoms with Crippen LogP contribution in [0.2, 0.25) is 0 Å². The van der Waals surface area contributed by atoms with E-state index < -0.39 is 0 Å². The van der Waals surface area contributed by atoms with Crippen molar-refractivity contribution in [2.45, 2.75) is 39.0 Å². The largest absolute Gasteiger partial charge is 0.494 e. The highest BCUT2D eigenvalue weighted by molar-refractivity contribution is 5.29. The van der Waals surface area contributed by atoms with Crippen molar-refractivity contribution < 1.29 is 4.74 Å². The Morgan fingerprint density at radius 2 is 1.50 bits per heavy atom. The predicted molar refractivity (Wildman–Crippen MR) is 93.6 cm³/mol. The van der Waals surface area contributed by atoms with Crippen LogP contribution < -0.4 is 10.5 Å². The molecule has 1 atom stereocenters. The summed E-state index contributed by atoms with van der Waals surface area (Å²) < 4.78 is 5.86. The van der Waals surface area contributed by atoms with Gasteiger partial charge in [0.15, 0.2) is 0 Å². The molecular weight excluding hydrogens is 270 g/mol. The fourth-order valence-electron chi connectivity index (χ4n) is 2.53. The number of ether oxygens (including phenoxy) is 1. The Kier molecular flexibility index (Phi) is 6.02. The van der Waals surface area contributed by atoms with Gasteiger partial charge in [0, 0.05) is 0 Å². The van der Waals surface area contributed by atoms with Gasteiger partial charge in [-0.05, 0) is 55.0 Å². The summed E-state index contributed by atoms with van der Waals surface area (Å²) in [5.74, 6) is 1.84. The Morgan fingerprint density at radius 1 is 0.909 bits per heavy atom. The van der Waals surface area contributed by atoms with Gasteiger partial charge in [-0.2, -0.15) is 0 Å². The lowest BCUT2D eigenvalue weighted by atomic mass is 9.95. The highest BCUT2D eigenvalue weighted by Crippen LogP contribution is 2.21. The third kappa shape index (κ3) is 4.60. The minimum atomic E-state index is 0.357. The molecule has 0 heterocycles. The molecule has 0 aliphatic carbocycles. The molecule has 2 nitrogen and oxygen atoms in total. The van der Waals surface area contributed by atoms with Gasteiger partial charge in [-0.15, -0.1) is 0 Å². The maximum absolute atomic E-state index is 5.92. The molecule has 0 radical (unpaired) electrons. The van der Waals surface area contributed by atoms with E-state index in [-0.39, 0.29) is 0 Å². The average Bonchev–Trinajstić information content (AvgIpc) is 2.53. The lowest BCUT2D eigenvalue weighted by molar-refractivity contribution is 0.298. The zero-order chi connectivity index (χ0) is 15.9. The molecule has 118 valence electrons. The highest BCUT2D eigenvalue weighted by Gasteiger charge is 2.10. The second-order valence-corrected chi connectivity index (χ2v) is 6.20. The van der Waals surface area contributed by atoms with Crippen LogP contribution in [0.25, 0.3) is 0 Å². The summed E-state index contributed by atoms with van der Waals surface area (Å²) in [6.07, 6.45) is 0.936. The molecular formula is C20H27NO. The molecule has 0 saturated carbocycles. The quantitative estimate of drug-likeness (QED) is 0.808. The Balaban J connectivity index is 1.87. The van der Waals surface area contributed by atoms with E-state index >= 15 is 0 Å². The first-order chi connectivity index (χ1) is 10.6. The molecule has 2 aromatic rings. The minimum Gasteiger partial charge on any atom is -0.494 e. The van der Waals surface area contributed by atoms with Crippen LogP contribution in [-0.2, 0) is 0 Å². The first-order valence-electron chi connectivity index (χ1n) is 8.09. The van der Waals surface area contributed by atoms with Crippen molar-refractivity contribution in [3.05, 3.63) is 65.2 Å². The molecule has 2 heteroatoms. The summed E-state index contributed by atoms with van der Waals surface area (Å²) in [7, 11) is 0. The fraction of sp³-hybridized carbons (Fsp3) is 0.400. The summed E-state index contributed by atoms with van der Waals surface area (Å²) in [6, 6.07) is 17.0. The van der Waals surface area contributed by atoms with Crippen molar-refractivity contribution in [2.75, 3.05) is 13.2 Å². The van der Waals surface area contributed by atoms with Crippen LogP contribution in [0.4, 0.5) is 0 Å². The van der Waals surface area contributed by atoms with E-state index in [9.17, 15) is 0 Å². The standard InChI is InChI=1S/C20H27NO/c1-15(2)17-8-10-20(11-9-17)22-13-12-19(14-21)18-6-4-16(3)5-7-18/h4-11,15,19H,12-14,21H2,1-3H3. The lowest BCUT2D eigenvalue weighted by Gasteiger charge is -2.16. The number of benzene rings is 2. The van der Waals surface area contributed by atoms with Gasteiger partial charge in [0.2, 0.25) is 0 Å². The van der Waals surface area contributed by atoms with Gasteiger partial charge >= 0.3 is 0 Å².